The van der Waals surface area contributed by atoms with Crippen molar-refractivity contribution in [2.45, 2.75) is 63.8 Å². The summed E-state index contributed by atoms with van der Waals surface area (Å²) in [5, 5.41) is 0. The van der Waals surface area contributed by atoms with Gasteiger partial charge in [-0.3, -0.25) is 14.4 Å². The smallest absolute Gasteiger partial charge is 0.305 e. The van der Waals surface area contributed by atoms with Crippen LogP contribution in [0.1, 0.15) is 56.9 Å². The van der Waals surface area contributed by atoms with Gasteiger partial charge in [0, 0.05) is 32.0 Å². The van der Waals surface area contributed by atoms with Gasteiger partial charge in [0.2, 0.25) is 11.8 Å². The Morgan fingerprint density at radius 3 is 2.84 bits per heavy atom. The van der Waals surface area contributed by atoms with Crippen LogP contribution >= 0.6 is 0 Å². The zero-order valence-electron chi connectivity index (χ0n) is 18.5. The molecule has 1 aromatic rings. The van der Waals surface area contributed by atoms with Crippen LogP contribution in [0.25, 0.3) is 0 Å². The van der Waals surface area contributed by atoms with E-state index in [4.69, 9.17) is 4.74 Å². The maximum absolute atomic E-state index is 13.2. The molecule has 2 aliphatic rings. The van der Waals surface area contributed by atoms with E-state index >= 15 is 0 Å². The highest BCUT2D eigenvalue weighted by Crippen LogP contribution is 2.23. The van der Waals surface area contributed by atoms with Crippen LogP contribution < -0.4 is 4.74 Å². The lowest BCUT2D eigenvalue weighted by atomic mass is 9.95. The van der Waals surface area contributed by atoms with Crippen molar-refractivity contribution in [2.24, 2.45) is 0 Å². The molecule has 3 rings (SSSR count). The first-order chi connectivity index (χ1) is 15.1. The van der Waals surface area contributed by atoms with Gasteiger partial charge in [0.25, 0.3) is 0 Å². The molecule has 0 spiro atoms. The van der Waals surface area contributed by atoms with Crippen LogP contribution in [-0.4, -0.2) is 67.0 Å². The minimum absolute atomic E-state index is 0.0257. The molecular weight excluding hydrogens is 396 g/mol. The van der Waals surface area contributed by atoms with Gasteiger partial charge >= 0.3 is 5.97 Å². The number of carbonyl (C=O) groups is 3. The van der Waals surface area contributed by atoms with E-state index in [1.165, 1.54) is 12.7 Å². The average Bonchev–Trinajstić information content (AvgIpc) is 2.79. The van der Waals surface area contributed by atoms with E-state index in [9.17, 15) is 14.4 Å². The number of hydrogen-bond acceptors (Lipinski definition) is 5. The van der Waals surface area contributed by atoms with Crippen LogP contribution in [-0.2, 0) is 25.5 Å². The highest BCUT2D eigenvalue weighted by atomic mass is 16.5. The Balaban J connectivity index is 1.70. The summed E-state index contributed by atoms with van der Waals surface area (Å²) >= 11 is 0. The molecular formula is C24H34N2O5. The fourth-order valence-electron chi connectivity index (χ4n) is 4.39. The Morgan fingerprint density at radius 1 is 1.13 bits per heavy atom. The fraction of sp³-hybridized carbons (Fsp3) is 0.625. The maximum Gasteiger partial charge on any atom is 0.305 e. The predicted molar refractivity (Wildman–Crippen MR) is 117 cm³/mol. The average molecular weight is 431 g/mol. The zero-order chi connectivity index (χ0) is 22.1. The van der Waals surface area contributed by atoms with Gasteiger partial charge in [-0.2, -0.15) is 0 Å². The first-order valence-corrected chi connectivity index (χ1v) is 11.4. The van der Waals surface area contributed by atoms with Crippen LogP contribution in [0.4, 0.5) is 0 Å². The molecule has 1 unspecified atom stereocenters. The number of piperidine rings is 1. The molecule has 0 saturated carbocycles. The first kappa shape index (κ1) is 23.1. The summed E-state index contributed by atoms with van der Waals surface area (Å²) in [7, 11) is 1.34. The number of rotatable bonds is 4. The minimum atomic E-state index is -0.323. The Bertz CT molecular complexity index is 766. The number of fused-ring (bicyclic) bond motifs is 3. The Kier molecular flexibility index (Phi) is 8.74. The number of carbonyl (C=O) groups excluding carboxylic acids is 3. The number of ether oxygens (including phenoxy) is 2. The summed E-state index contributed by atoms with van der Waals surface area (Å²) in [5.41, 5.74) is 1.23. The molecule has 0 aromatic heterocycles. The van der Waals surface area contributed by atoms with Crippen LogP contribution in [0.5, 0.6) is 5.75 Å². The second-order valence-electron chi connectivity index (χ2n) is 8.37. The highest BCUT2D eigenvalue weighted by Gasteiger charge is 2.28. The molecule has 7 heteroatoms. The van der Waals surface area contributed by atoms with Gasteiger partial charge in [-0.05, 0) is 62.6 Å². The SMILES string of the molecule is COC(=O)CCCC(=O)N1CCCOc2cccc(c2)CCC2CCCCN2C(=O)C1. The second kappa shape index (κ2) is 11.7. The number of amides is 2. The van der Waals surface area contributed by atoms with Gasteiger partial charge in [0.1, 0.15) is 5.75 Å². The molecule has 0 aliphatic carbocycles. The molecule has 2 aliphatic heterocycles. The first-order valence-electron chi connectivity index (χ1n) is 11.4. The molecule has 1 aromatic carbocycles. The topological polar surface area (TPSA) is 76.2 Å². The van der Waals surface area contributed by atoms with E-state index in [2.05, 4.69) is 16.9 Å². The second-order valence-corrected chi connectivity index (χ2v) is 8.37. The van der Waals surface area contributed by atoms with Crippen molar-refractivity contribution >= 4 is 17.8 Å². The summed E-state index contributed by atoms with van der Waals surface area (Å²) in [6.07, 6.45) is 6.48. The van der Waals surface area contributed by atoms with E-state index in [-0.39, 0.29) is 43.2 Å². The van der Waals surface area contributed by atoms with Crippen LogP contribution in [0.2, 0.25) is 0 Å². The normalized spacial score (nSPS) is 20.3. The fourth-order valence-corrected chi connectivity index (χ4v) is 4.39. The maximum atomic E-state index is 13.2. The molecule has 1 saturated heterocycles. The number of hydrogen-bond donors (Lipinski definition) is 0. The summed E-state index contributed by atoms with van der Waals surface area (Å²) in [5.74, 6) is 0.455. The molecule has 31 heavy (non-hydrogen) atoms. The molecule has 0 radical (unpaired) electrons. The van der Waals surface area contributed by atoms with Crippen molar-refractivity contribution in [2.75, 3.05) is 33.4 Å². The summed E-state index contributed by atoms with van der Waals surface area (Å²) in [4.78, 5) is 41.0. The third-order valence-electron chi connectivity index (χ3n) is 6.13. The standard InChI is InChI=1S/C24H34N2O5/c1-30-24(29)11-5-10-22(27)25-14-6-16-31-21-9-4-7-19(17-21)12-13-20-8-2-3-15-26(20)23(28)18-25/h4,7,9,17,20H,2-3,5-6,8,10-16,18H2,1H3. The van der Waals surface area contributed by atoms with Crippen LogP contribution in [0, 0.1) is 0 Å². The number of aryl methyl sites for hydroxylation is 1. The van der Waals surface area contributed by atoms with E-state index in [1.54, 1.807) is 4.90 Å². The van der Waals surface area contributed by atoms with Crippen molar-refractivity contribution in [3.05, 3.63) is 29.8 Å². The van der Waals surface area contributed by atoms with Crippen molar-refractivity contribution in [1.29, 1.82) is 0 Å². The number of methoxy groups -OCH3 is 1. The Morgan fingerprint density at radius 2 is 2.00 bits per heavy atom. The van der Waals surface area contributed by atoms with E-state index in [0.29, 0.717) is 26.0 Å². The number of nitrogens with zero attached hydrogens (tertiary/aromatic N) is 2. The number of benzene rings is 1. The van der Waals surface area contributed by atoms with Gasteiger partial charge in [0.15, 0.2) is 0 Å². The van der Waals surface area contributed by atoms with Crippen molar-refractivity contribution in [1.82, 2.24) is 9.80 Å². The van der Waals surface area contributed by atoms with Crippen molar-refractivity contribution in [3.63, 3.8) is 0 Å². The quantitative estimate of drug-likeness (QED) is 0.687. The Labute approximate surface area is 184 Å². The molecule has 2 amide bonds. The van der Waals surface area contributed by atoms with Crippen molar-refractivity contribution < 1.29 is 23.9 Å². The lowest BCUT2D eigenvalue weighted by Crippen LogP contribution is -2.49. The zero-order valence-corrected chi connectivity index (χ0v) is 18.5. The summed E-state index contributed by atoms with van der Waals surface area (Å²) in [6.45, 7) is 1.80. The molecule has 0 N–H and O–H groups in total. The minimum Gasteiger partial charge on any atom is -0.494 e. The summed E-state index contributed by atoms with van der Waals surface area (Å²) in [6, 6.07) is 8.38. The predicted octanol–water partition coefficient (Wildman–Crippen LogP) is 2.95. The largest absolute Gasteiger partial charge is 0.494 e. The van der Waals surface area contributed by atoms with E-state index in [0.717, 1.165) is 44.4 Å². The number of esters is 1. The molecule has 1 atom stereocenters. The van der Waals surface area contributed by atoms with Gasteiger partial charge in [-0.25, -0.2) is 0 Å². The Hall–Kier alpha value is -2.57. The van der Waals surface area contributed by atoms with Crippen LogP contribution in [0.3, 0.4) is 0 Å². The molecule has 1 fully saturated rings. The molecule has 2 heterocycles. The molecule has 170 valence electrons. The lowest BCUT2D eigenvalue weighted by Gasteiger charge is -2.37. The highest BCUT2D eigenvalue weighted by molar-refractivity contribution is 5.85. The monoisotopic (exact) mass is 430 g/mol. The van der Waals surface area contributed by atoms with Gasteiger partial charge in [-0.1, -0.05) is 12.1 Å². The third-order valence-corrected chi connectivity index (χ3v) is 6.13. The molecule has 7 nitrogen and oxygen atoms in total. The van der Waals surface area contributed by atoms with E-state index < -0.39 is 0 Å². The lowest BCUT2D eigenvalue weighted by molar-refractivity contribution is -0.144. The van der Waals surface area contributed by atoms with E-state index in [1.807, 2.05) is 17.0 Å². The molecule has 2 bridgehead atoms. The third kappa shape index (κ3) is 6.97. The van der Waals surface area contributed by atoms with Gasteiger partial charge in [0.05, 0.1) is 20.3 Å². The van der Waals surface area contributed by atoms with Gasteiger partial charge in [-0.15, -0.1) is 0 Å². The summed E-state index contributed by atoms with van der Waals surface area (Å²) < 4.78 is 10.5. The van der Waals surface area contributed by atoms with Crippen molar-refractivity contribution in [3.8, 4) is 5.75 Å². The van der Waals surface area contributed by atoms with Crippen LogP contribution in [0.15, 0.2) is 24.3 Å². The van der Waals surface area contributed by atoms with Gasteiger partial charge < -0.3 is 19.3 Å².